The van der Waals surface area contributed by atoms with Crippen LogP contribution in [0.25, 0.3) is 5.65 Å². The van der Waals surface area contributed by atoms with Crippen molar-refractivity contribution in [2.45, 2.75) is 57.5 Å². The number of piperazine rings is 1. The number of nitrogens with zero attached hydrogens (tertiary/aromatic N) is 3. The summed E-state index contributed by atoms with van der Waals surface area (Å²) in [6.07, 6.45) is 4.49. The summed E-state index contributed by atoms with van der Waals surface area (Å²) in [5.74, 6) is 0.125. The largest absolute Gasteiger partial charge is 0.419 e. The Morgan fingerprint density at radius 1 is 1.22 bits per heavy atom. The predicted molar refractivity (Wildman–Crippen MR) is 114 cm³/mol. The highest BCUT2D eigenvalue weighted by molar-refractivity contribution is 6.33. The third-order valence-corrected chi connectivity index (χ3v) is 6.57. The van der Waals surface area contributed by atoms with Gasteiger partial charge in [-0.2, -0.15) is 13.2 Å². The van der Waals surface area contributed by atoms with E-state index < -0.39 is 23.3 Å². The number of pyridine rings is 1. The molecule has 3 fully saturated rings. The van der Waals surface area contributed by atoms with Gasteiger partial charge >= 0.3 is 6.18 Å². The molecule has 0 spiro atoms. The van der Waals surface area contributed by atoms with E-state index >= 15 is 0 Å². The smallest absolute Gasteiger partial charge is 0.353 e. The average Bonchev–Trinajstić information content (AvgIpc) is 3.40. The molecular weight excluding hydrogens is 445 g/mol. The van der Waals surface area contributed by atoms with Crippen LogP contribution in [0.4, 0.5) is 13.2 Å². The molecule has 10 heteroatoms. The molecule has 1 aliphatic heterocycles. The molecule has 2 saturated carbocycles. The van der Waals surface area contributed by atoms with Gasteiger partial charge in [0, 0.05) is 19.3 Å². The molecule has 0 radical (unpaired) electrons. The molecule has 0 aromatic carbocycles. The van der Waals surface area contributed by atoms with Gasteiger partial charge in [0.1, 0.15) is 5.15 Å². The van der Waals surface area contributed by atoms with Gasteiger partial charge in [-0.1, -0.05) is 44.2 Å². The number of carbonyl (C=O) groups is 2. The molecule has 0 atom stereocenters. The summed E-state index contributed by atoms with van der Waals surface area (Å²) in [4.78, 5) is 29.2. The van der Waals surface area contributed by atoms with Crippen molar-refractivity contribution >= 4 is 29.1 Å². The van der Waals surface area contributed by atoms with Gasteiger partial charge in [-0.05, 0) is 36.3 Å². The molecule has 6 nitrogen and oxygen atoms in total. The van der Waals surface area contributed by atoms with Gasteiger partial charge in [-0.25, -0.2) is 4.98 Å². The number of carbonyl (C=O) groups excluding carboxylic acids is 2. The Bertz CT molecular complexity index is 1030. The highest BCUT2D eigenvalue weighted by atomic mass is 35.5. The molecule has 32 heavy (non-hydrogen) atoms. The van der Waals surface area contributed by atoms with Crippen LogP contribution in [0, 0.1) is 5.92 Å². The van der Waals surface area contributed by atoms with Gasteiger partial charge in [0.05, 0.1) is 12.1 Å². The number of rotatable bonds is 2. The number of hydrogen-bond acceptors (Lipinski definition) is 3. The fourth-order valence-electron chi connectivity index (χ4n) is 4.21. The van der Waals surface area contributed by atoms with E-state index in [0.29, 0.717) is 5.56 Å². The number of nitrogens with one attached hydrogen (secondary N) is 1. The molecule has 2 aromatic rings. The number of fused-ring (bicyclic) bond motifs is 1. The van der Waals surface area contributed by atoms with Crippen molar-refractivity contribution in [2.75, 3.05) is 19.6 Å². The summed E-state index contributed by atoms with van der Waals surface area (Å²) in [5.41, 5.74) is -1.07. The first-order valence-electron chi connectivity index (χ1n) is 11.0. The Morgan fingerprint density at radius 2 is 1.91 bits per heavy atom. The van der Waals surface area contributed by atoms with Gasteiger partial charge in [0.15, 0.2) is 11.3 Å². The number of halogens is 4. The molecule has 174 valence electrons. The highest BCUT2D eigenvalue weighted by Gasteiger charge is 2.38. The number of aromatic nitrogens is 2. The molecule has 1 N–H and O–H groups in total. The lowest BCUT2D eigenvalue weighted by Gasteiger charge is -2.25. The van der Waals surface area contributed by atoms with Gasteiger partial charge < -0.3 is 10.2 Å². The van der Waals surface area contributed by atoms with Crippen molar-refractivity contribution < 1.29 is 22.8 Å². The number of imidazole rings is 1. The van der Waals surface area contributed by atoms with E-state index in [1.54, 1.807) is 0 Å². The van der Waals surface area contributed by atoms with Crippen LogP contribution in [-0.4, -0.2) is 45.7 Å². The van der Waals surface area contributed by atoms with E-state index in [2.05, 4.69) is 17.2 Å². The first-order chi connectivity index (χ1) is 15.1. The van der Waals surface area contributed by atoms with Crippen molar-refractivity contribution in [1.29, 1.82) is 0 Å². The molecule has 3 heterocycles. The summed E-state index contributed by atoms with van der Waals surface area (Å²) < 4.78 is 41.6. The molecule has 1 saturated heterocycles. The van der Waals surface area contributed by atoms with Gasteiger partial charge in [0.2, 0.25) is 5.91 Å². The van der Waals surface area contributed by atoms with Crippen molar-refractivity contribution in [3.63, 3.8) is 0 Å². The Morgan fingerprint density at radius 3 is 2.44 bits per heavy atom. The maximum atomic E-state index is 13.5. The molecule has 2 aliphatic carbocycles. The fourth-order valence-corrected chi connectivity index (χ4v) is 4.47. The lowest BCUT2D eigenvalue weighted by atomic mass is 10.1. The second-order valence-corrected chi connectivity index (χ2v) is 9.23. The third-order valence-electron chi connectivity index (χ3n) is 6.21. The van der Waals surface area contributed by atoms with E-state index in [-0.39, 0.29) is 42.3 Å². The van der Waals surface area contributed by atoms with E-state index in [0.717, 1.165) is 29.2 Å². The molecule has 3 aliphatic rings. The molecule has 2 amide bonds. The minimum atomic E-state index is -4.62. The summed E-state index contributed by atoms with van der Waals surface area (Å²) in [6, 6.07) is 1.08. The maximum Gasteiger partial charge on any atom is 0.419 e. The van der Waals surface area contributed by atoms with Crippen molar-refractivity contribution in [3.8, 4) is 0 Å². The normalized spacial score (nSPS) is 19.7. The highest BCUT2D eigenvalue weighted by Crippen LogP contribution is 2.43. The molecular formula is C22H26ClF3N4O2. The first kappa shape index (κ1) is 22.9. The number of amides is 2. The predicted octanol–water partition coefficient (Wildman–Crippen LogP) is 4.65. The first-order valence-corrected chi connectivity index (χ1v) is 11.4. The number of alkyl halides is 3. The molecule has 0 unspecified atom stereocenters. The fraction of sp³-hybridized carbons (Fsp3) is 0.591. The second kappa shape index (κ2) is 8.92. The monoisotopic (exact) mass is 470 g/mol. The maximum absolute atomic E-state index is 13.5. The number of hydrogen-bond donors (Lipinski definition) is 1. The van der Waals surface area contributed by atoms with Gasteiger partial charge in [-0.15, -0.1) is 0 Å². The van der Waals surface area contributed by atoms with Gasteiger partial charge in [0.25, 0.3) is 5.91 Å². The summed E-state index contributed by atoms with van der Waals surface area (Å²) in [5, 5.41) is 2.40. The minimum Gasteiger partial charge on any atom is -0.353 e. The molecule has 0 bridgehead atoms. The SMILES string of the molecule is CC1CCCC1.O=C1CN(C(=O)c2nc3c(C(F)(F)F)cc(C4CC4)cn3c2Cl)CCN1. The van der Waals surface area contributed by atoms with Crippen LogP contribution in [0.5, 0.6) is 0 Å². The van der Waals surface area contributed by atoms with Crippen molar-refractivity contribution in [3.05, 3.63) is 34.2 Å². The van der Waals surface area contributed by atoms with Crippen LogP contribution in [0.1, 0.15) is 73.0 Å². The lowest BCUT2D eigenvalue weighted by molar-refractivity contribution is -0.136. The van der Waals surface area contributed by atoms with Crippen molar-refractivity contribution in [1.82, 2.24) is 19.6 Å². The van der Waals surface area contributed by atoms with Gasteiger partial charge in [-0.3, -0.25) is 14.0 Å². The summed E-state index contributed by atoms with van der Waals surface area (Å²) >= 11 is 6.21. The Labute approximate surface area is 189 Å². The quantitative estimate of drug-likeness (QED) is 0.694. The van der Waals surface area contributed by atoms with Crippen LogP contribution in [0.15, 0.2) is 12.3 Å². The zero-order valence-electron chi connectivity index (χ0n) is 17.8. The second-order valence-electron chi connectivity index (χ2n) is 8.87. The van der Waals surface area contributed by atoms with E-state index in [4.69, 9.17) is 11.6 Å². The standard InChI is InChI=1S/C16H14ClF3N4O2.C6H12/c17-13-12(15(26)23-4-3-21-11(25)7-23)22-14-10(16(18,19)20)5-9(6-24(13)14)8-1-2-8;1-6-4-2-3-5-6/h5-6,8H,1-4,7H2,(H,21,25);6H,2-5H2,1H3. The molecule has 5 rings (SSSR count). The topological polar surface area (TPSA) is 66.7 Å². The Kier molecular flexibility index (Phi) is 6.38. The van der Waals surface area contributed by atoms with Crippen LogP contribution in [-0.2, 0) is 11.0 Å². The Hall–Kier alpha value is -2.29. The summed E-state index contributed by atoms with van der Waals surface area (Å²) in [7, 11) is 0. The summed E-state index contributed by atoms with van der Waals surface area (Å²) in [6.45, 7) is 2.68. The van der Waals surface area contributed by atoms with E-state index in [9.17, 15) is 22.8 Å². The zero-order chi connectivity index (χ0) is 23.0. The van der Waals surface area contributed by atoms with E-state index in [1.165, 1.54) is 36.8 Å². The van der Waals surface area contributed by atoms with E-state index in [1.807, 2.05) is 0 Å². The molecule has 2 aromatic heterocycles. The van der Waals surface area contributed by atoms with Crippen molar-refractivity contribution in [2.24, 2.45) is 5.92 Å². The minimum absolute atomic E-state index is 0.0731. The zero-order valence-corrected chi connectivity index (χ0v) is 18.6. The average molecular weight is 471 g/mol. The van der Waals surface area contributed by atoms with Crippen LogP contribution in [0.2, 0.25) is 5.15 Å². The van der Waals surface area contributed by atoms with Crippen LogP contribution in [0.3, 0.4) is 0 Å². The van der Waals surface area contributed by atoms with Crippen LogP contribution >= 0.6 is 11.6 Å². The third kappa shape index (κ3) is 4.87. The lowest BCUT2D eigenvalue weighted by Crippen LogP contribution is -2.50. The van der Waals surface area contributed by atoms with Crippen LogP contribution < -0.4 is 5.32 Å². The Balaban J connectivity index is 0.000000354.